The highest BCUT2D eigenvalue weighted by molar-refractivity contribution is 5.81. The first-order valence-corrected chi connectivity index (χ1v) is 8.27. The molecular formula is C21H19N3O. The van der Waals surface area contributed by atoms with Gasteiger partial charge in [-0.1, -0.05) is 48.5 Å². The lowest BCUT2D eigenvalue weighted by molar-refractivity contribution is 0.444. The second-order valence-electron chi connectivity index (χ2n) is 6.32. The highest BCUT2D eigenvalue weighted by Crippen LogP contribution is 2.33. The molecule has 0 aliphatic rings. The first-order valence-electron chi connectivity index (χ1n) is 8.27. The molecule has 0 aliphatic heterocycles. The second kappa shape index (κ2) is 5.74. The van der Waals surface area contributed by atoms with Gasteiger partial charge in [-0.3, -0.25) is 4.40 Å². The van der Waals surface area contributed by atoms with Gasteiger partial charge in [-0.2, -0.15) is 0 Å². The molecular weight excluding hydrogens is 310 g/mol. The summed E-state index contributed by atoms with van der Waals surface area (Å²) >= 11 is 0. The van der Waals surface area contributed by atoms with E-state index in [9.17, 15) is 5.11 Å². The van der Waals surface area contributed by atoms with Crippen LogP contribution in [-0.2, 0) is 0 Å². The molecule has 0 saturated carbocycles. The van der Waals surface area contributed by atoms with Gasteiger partial charge in [0.2, 0.25) is 5.88 Å². The lowest BCUT2D eigenvalue weighted by Gasteiger charge is -2.12. The van der Waals surface area contributed by atoms with Crippen molar-refractivity contribution in [1.29, 1.82) is 0 Å². The minimum Gasteiger partial charge on any atom is -0.493 e. The van der Waals surface area contributed by atoms with E-state index in [1.807, 2.05) is 42.6 Å². The molecule has 2 aromatic heterocycles. The standard InChI is InChI=1S/C21H19N3O/c1-13-8-7-9-14(2)18(13)19-20-22-15(3)21(25)24(20)12-17(23-19)16-10-5-4-6-11-16/h4-12,25H,1-3H3. The number of aromatic hydroxyl groups is 1. The van der Waals surface area contributed by atoms with Gasteiger partial charge in [0.1, 0.15) is 11.4 Å². The summed E-state index contributed by atoms with van der Waals surface area (Å²) in [6.45, 7) is 5.95. The highest BCUT2D eigenvalue weighted by Gasteiger charge is 2.18. The number of aromatic nitrogens is 3. The first-order chi connectivity index (χ1) is 12.1. The van der Waals surface area contributed by atoms with Crippen molar-refractivity contribution in [2.45, 2.75) is 20.8 Å². The molecule has 0 aliphatic carbocycles. The average Bonchev–Trinajstić information content (AvgIpc) is 2.90. The van der Waals surface area contributed by atoms with Gasteiger partial charge < -0.3 is 5.11 Å². The number of hydrogen-bond acceptors (Lipinski definition) is 3. The molecule has 4 aromatic rings. The fraction of sp³-hybridized carbons (Fsp3) is 0.143. The van der Waals surface area contributed by atoms with Crippen LogP contribution in [0.2, 0.25) is 0 Å². The number of aryl methyl sites for hydroxylation is 3. The van der Waals surface area contributed by atoms with Crippen LogP contribution in [0.5, 0.6) is 5.88 Å². The zero-order chi connectivity index (χ0) is 17.6. The lowest BCUT2D eigenvalue weighted by Crippen LogP contribution is -1.99. The van der Waals surface area contributed by atoms with Crippen LogP contribution in [0.3, 0.4) is 0 Å². The first kappa shape index (κ1) is 15.4. The summed E-state index contributed by atoms with van der Waals surface area (Å²) in [6, 6.07) is 16.2. The zero-order valence-electron chi connectivity index (χ0n) is 14.5. The number of hydrogen-bond donors (Lipinski definition) is 1. The van der Waals surface area contributed by atoms with Crippen LogP contribution < -0.4 is 0 Å². The topological polar surface area (TPSA) is 50.4 Å². The molecule has 4 heteroatoms. The molecule has 2 heterocycles. The van der Waals surface area contributed by atoms with Crippen LogP contribution in [0.1, 0.15) is 16.8 Å². The Morgan fingerprint density at radius 2 is 1.52 bits per heavy atom. The second-order valence-corrected chi connectivity index (χ2v) is 6.32. The van der Waals surface area contributed by atoms with Crippen molar-refractivity contribution in [3.63, 3.8) is 0 Å². The van der Waals surface area contributed by atoms with Crippen LogP contribution in [0.25, 0.3) is 28.2 Å². The van der Waals surface area contributed by atoms with Crippen LogP contribution >= 0.6 is 0 Å². The number of benzene rings is 2. The maximum Gasteiger partial charge on any atom is 0.219 e. The normalized spacial score (nSPS) is 11.2. The van der Waals surface area contributed by atoms with Gasteiger partial charge in [0.15, 0.2) is 5.65 Å². The molecule has 0 radical (unpaired) electrons. The molecule has 0 atom stereocenters. The molecule has 0 spiro atoms. The molecule has 2 aromatic carbocycles. The highest BCUT2D eigenvalue weighted by atomic mass is 16.3. The Hall–Kier alpha value is -3.14. The van der Waals surface area contributed by atoms with Gasteiger partial charge >= 0.3 is 0 Å². The van der Waals surface area contributed by atoms with E-state index >= 15 is 0 Å². The Morgan fingerprint density at radius 1 is 0.840 bits per heavy atom. The number of nitrogens with zero attached hydrogens (tertiary/aromatic N) is 3. The average molecular weight is 329 g/mol. The molecule has 4 nitrogen and oxygen atoms in total. The smallest absolute Gasteiger partial charge is 0.219 e. The maximum atomic E-state index is 10.5. The SMILES string of the molecule is Cc1cccc(C)c1-c1nc(-c2ccccc2)cn2c(O)c(C)nc12. The summed E-state index contributed by atoms with van der Waals surface area (Å²) in [7, 11) is 0. The summed E-state index contributed by atoms with van der Waals surface area (Å²) in [5, 5.41) is 10.5. The number of imidazole rings is 1. The van der Waals surface area contributed by atoms with E-state index in [-0.39, 0.29) is 5.88 Å². The van der Waals surface area contributed by atoms with E-state index in [0.717, 1.165) is 33.6 Å². The fourth-order valence-corrected chi connectivity index (χ4v) is 3.25. The van der Waals surface area contributed by atoms with E-state index in [1.54, 1.807) is 11.3 Å². The predicted octanol–water partition coefficient (Wildman–Crippen LogP) is 4.69. The van der Waals surface area contributed by atoms with Crippen LogP contribution in [0, 0.1) is 20.8 Å². The van der Waals surface area contributed by atoms with Crippen molar-refractivity contribution >= 4 is 5.65 Å². The van der Waals surface area contributed by atoms with E-state index in [1.165, 1.54) is 0 Å². The van der Waals surface area contributed by atoms with Crippen molar-refractivity contribution in [2.24, 2.45) is 0 Å². The molecule has 25 heavy (non-hydrogen) atoms. The molecule has 1 N–H and O–H groups in total. The summed E-state index contributed by atoms with van der Waals surface area (Å²) in [4.78, 5) is 9.48. The van der Waals surface area contributed by atoms with Gasteiger partial charge in [0.25, 0.3) is 0 Å². The Morgan fingerprint density at radius 3 is 2.20 bits per heavy atom. The van der Waals surface area contributed by atoms with Crippen LogP contribution in [0.4, 0.5) is 0 Å². The largest absolute Gasteiger partial charge is 0.493 e. The monoisotopic (exact) mass is 329 g/mol. The van der Waals surface area contributed by atoms with Gasteiger partial charge in [0.05, 0.1) is 5.69 Å². The molecule has 0 amide bonds. The van der Waals surface area contributed by atoms with E-state index in [2.05, 4.69) is 31.0 Å². The van der Waals surface area contributed by atoms with Crippen molar-refractivity contribution < 1.29 is 5.11 Å². The summed E-state index contributed by atoms with van der Waals surface area (Å²) in [5.41, 5.74) is 7.21. The maximum absolute atomic E-state index is 10.5. The van der Waals surface area contributed by atoms with E-state index < -0.39 is 0 Å². The Bertz CT molecular complexity index is 1060. The minimum atomic E-state index is 0.155. The molecule has 0 unspecified atom stereocenters. The van der Waals surface area contributed by atoms with Crippen molar-refractivity contribution in [3.8, 4) is 28.4 Å². The summed E-state index contributed by atoms with van der Waals surface area (Å²) in [6.07, 6.45) is 1.84. The third-order valence-electron chi connectivity index (χ3n) is 4.54. The number of fused-ring (bicyclic) bond motifs is 1. The van der Waals surface area contributed by atoms with Gasteiger partial charge in [-0.25, -0.2) is 9.97 Å². The fourth-order valence-electron chi connectivity index (χ4n) is 3.25. The van der Waals surface area contributed by atoms with E-state index in [4.69, 9.17) is 4.98 Å². The molecule has 0 saturated heterocycles. The third kappa shape index (κ3) is 2.47. The summed E-state index contributed by atoms with van der Waals surface area (Å²) < 4.78 is 1.73. The van der Waals surface area contributed by atoms with Crippen LogP contribution in [0.15, 0.2) is 54.7 Å². The Labute approximate surface area is 146 Å². The van der Waals surface area contributed by atoms with E-state index in [0.29, 0.717) is 11.3 Å². The molecule has 0 fully saturated rings. The van der Waals surface area contributed by atoms with Gasteiger partial charge in [-0.05, 0) is 31.9 Å². The lowest BCUT2D eigenvalue weighted by atomic mass is 9.99. The minimum absolute atomic E-state index is 0.155. The zero-order valence-corrected chi connectivity index (χ0v) is 14.5. The predicted molar refractivity (Wildman–Crippen MR) is 99.7 cm³/mol. The quantitative estimate of drug-likeness (QED) is 0.580. The molecule has 0 bridgehead atoms. The summed E-state index contributed by atoms with van der Waals surface area (Å²) in [5.74, 6) is 0.155. The van der Waals surface area contributed by atoms with Crippen LogP contribution in [-0.4, -0.2) is 19.5 Å². The Balaban J connectivity index is 2.11. The molecule has 124 valence electrons. The molecule has 4 rings (SSSR count). The van der Waals surface area contributed by atoms with Crippen molar-refractivity contribution in [3.05, 3.63) is 71.5 Å². The Kier molecular flexibility index (Phi) is 3.53. The van der Waals surface area contributed by atoms with Crippen molar-refractivity contribution in [1.82, 2.24) is 14.4 Å². The van der Waals surface area contributed by atoms with Gasteiger partial charge in [-0.15, -0.1) is 0 Å². The third-order valence-corrected chi connectivity index (χ3v) is 4.54. The number of rotatable bonds is 2. The van der Waals surface area contributed by atoms with Crippen molar-refractivity contribution in [2.75, 3.05) is 0 Å². The van der Waals surface area contributed by atoms with Gasteiger partial charge in [0, 0.05) is 17.3 Å².